The summed E-state index contributed by atoms with van der Waals surface area (Å²) in [6, 6.07) is 15.8. The van der Waals surface area contributed by atoms with E-state index in [9.17, 15) is 9.59 Å². The van der Waals surface area contributed by atoms with Gasteiger partial charge < -0.3 is 19.3 Å². The largest absolute Gasteiger partial charge is 0.483 e. The fraction of sp³-hybridized carbons (Fsp3) is 0.500. The second-order valence-corrected chi connectivity index (χ2v) is 9.03. The number of hydrogen-bond donors (Lipinski definition) is 0. The predicted molar refractivity (Wildman–Crippen MR) is 134 cm³/mol. The van der Waals surface area contributed by atoms with E-state index in [2.05, 4.69) is 39.8 Å². The quantitative estimate of drug-likeness (QED) is 0.503. The molecule has 0 aliphatic carbocycles. The third-order valence-electron chi connectivity index (χ3n) is 6.81. The molecule has 34 heavy (non-hydrogen) atoms. The third kappa shape index (κ3) is 6.52. The standard InChI is InChI=1S/C28H38N2O4/c1-5-21(3)23-11-7-9-13-25(23)33-19-27(31)29-15-17-30(18-16-29)28(32)20-34-26-14-10-8-12-24(26)22(4)6-2/h7-14,21-22H,5-6,15-20H2,1-4H3/t21-,22-/m1/s1. The topological polar surface area (TPSA) is 59.1 Å². The fourth-order valence-electron chi connectivity index (χ4n) is 4.14. The van der Waals surface area contributed by atoms with Crippen molar-refractivity contribution >= 4 is 11.8 Å². The molecule has 1 aliphatic heterocycles. The summed E-state index contributed by atoms with van der Waals surface area (Å²) in [5.41, 5.74) is 2.26. The summed E-state index contributed by atoms with van der Waals surface area (Å²) < 4.78 is 11.8. The summed E-state index contributed by atoms with van der Waals surface area (Å²) in [5, 5.41) is 0. The molecule has 0 saturated carbocycles. The van der Waals surface area contributed by atoms with Gasteiger partial charge in [-0.05, 0) is 47.9 Å². The Balaban J connectivity index is 1.46. The number of ether oxygens (including phenoxy) is 2. The molecule has 1 aliphatic rings. The number of para-hydroxylation sites is 2. The average molecular weight is 467 g/mol. The van der Waals surface area contributed by atoms with Crippen molar-refractivity contribution in [2.45, 2.75) is 52.4 Å². The van der Waals surface area contributed by atoms with Gasteiger partial charge in [-0.2, -0.15) is 0 Å². The molecule has 2 aromatic rings. The van der Waals surface area contributed by atoms with Gasteiger partial charge in [0.25, 0.3) is 11.8 Å². The second kappa shape index (κ2) is 12.4. The molecule has 2 aromatic carbocycles. The maximum atomic E-state index is 12.7. The lowest BCUT2D eigenvalue weighted by molar-refractivity contribution is -0.141. The summed E-state index contributed by atoms with van der Waals surface area (Å²) in [7, 11) is 0. The van der Waals surface area contributed by atoms with Crippen LogP contribution in [0.2, 0.25) is 0 Å². The Labute approximate surface area is 203 Å². The Morgan fingerprint density at radius 2 is 1.06 bits per heavy atom. The summed E-state index contributed by atoms with van der Waals surface area (Å²) in [5.74, 6) is 2.19. The van der Waals surface area contributed by atoms with Gasteiger partial charge >= 0.3 is 0 Å². The molecule has 3 rings (SSSR count). The average Bonchev–Trinajstić information content (AvgIpc) is 2.89. The summed E-state index contributed by atoms with van der Waals surface area (Å²) >= 11 is 0. The molecule has 0 aromatic heterocycles. The third-order valence-corrected chi connectivity index (χ3v) is 6.81. The minimum Gasteiger partial charge on any atom is -0.483 e. The van der Waals surface area contributed by atoms with Gasteiger partial charge in [-0.3, -0.25) is 9.59 Å². The molecule has 0 N–H and O–H groups in total. The Morgan fingerprint density at radius 3 is 1.41 bits per heavy atom. The number of benzene rings is 2. The van der Waals surface area contributed by atoms with Gasteiger partial charge in [-0.15, -0.1) is 0 Å². The molecular formula is C28H38N2O4. The van der Waals surface area contributed by atoms with Gasteiger partial charge in [0, 0.05) is 26.2 Å². The molecule has 6 heteroatoms. The highest BCUT2D eigenvalue weighted by Crippen LogP contribution is 2.29. The van der Waals surface area contributed by atoms with Crippen LogP contribution in [0, 0.1) is 0 Å². The van der Waals surface area contributed by atoms with E-state index >= 15 is 0 Å². The van der Waals surface area contributed by atoms with Gasteiger partial charge in [0.2, 0.25) is 0 Å². The molecule has 1 heterocycles. The molecule has 1 fully saturated rings. The highest BCUT2D eigenvalue weighted by molar-refractivity contribution is 5.80. The van der Waals surface area contributed by atoms with Gasteiger partial charge in [-0.1, -0.05) is 64.1 Å². The lowest BCUT2D eigenvalue weighted by atomic mass is 9.98. The van der Waals surface area contributed by atoms with Gasteiger partial charge in [-0.25, -0.2) is 0 Å². The van der Waals surface area contributed by atoms with Gasteiger partial charge in [0.15, 0.2) is 13.2 Å². The molecule has 184 valence electrons. The van der Waals surface area contributed by atoms with E-state index in [0.717, 1.165) is 35.5 Å². The second-order valence-electron chi connectivity index (χ2n) is 9.03. The number of nitrogens with zero attached hydrogens (tertiary/aromatic N) is 2. The first-order valence-electron chi connectivity index (χ1n) is 12.4. The van der Waals surface area contributed by atoms with Crippen LogP contribution < -0.4 is 9.47 Å². The van der Waals surface area contributed by atoms with E-state index in [1.807, 2.05) is 36.4 Å². The van der Waals surface area contributed by atoms with Gasteiger partial charge in [0.1, 0.15) is 11.5 Å². The van der Waals surface area contributed by atoms with Crippen molar-refractivity contribution < 1.29 is 19.1 Å². The van der Waals surface area contributed by atoms with Crippen molar-refractivity contribution in [3.8, 4) is 11.5 Å². The van der Waals surface area contributed by atoms with E-state index in [4.69, 9.17) is 9.47 Å². The Kier molecular flexibility index (Phi) is 9.37. The zero-order valence-electron chi connectivity index (χ0n) is 21.0. The van der Waals surface area contributed by atoms with E-state index in [1.54, 1.807) is 9.80 Å². The number of piperazine rings is 1. The van der Waals surface area contributed by atoms with Crippen LogP contribution in [0.3, 0.4) is 0 Å². The molecule has 1 saturated heterocycles. The molecule has 0 radical (unpaired) electrons. The first-order chi connectivity index (χ1) is 16.4. The Bertz CT molecular complexity index is 875. The van der Waals surface area contributed by atoms with E-state index in [-0.39, 0.29) is 25.0 Å². The molecule has 2 atom stereocenters. The lowest BCUT2D eigenvalue weighted by Gasteiger charge is -2.34. The van der Waals surface area contributed by atoms with Crippen molar-refractivity contribution in [1.82, 2.24) is 9.80 Å². The Hall–Kier alpha value is -3.02. The molecule has 6 nitrogen and oxygen atoms in total. The van der Waals surface area contributed by atoms with Crippen LogP contribution in [0.5, 0.6) is 11.5 Å². The maximum absolute atomic E-state index is 12.7. The van der Waals surface area contributed by atoms with Crippen molar-refractivity contribution in [3.05, 3.63) is 59.7 Å². The molecule has 0 bridgehead atoms. The van der Waals surface area contributed by atoms with Crippen LogP contribution >= 0.6 is 0 Å². The number of carbonyl (C=O) groups is 2. The van der Waals surface area contributed by atoms with Crippen molar-refractivity contribution in [1.29, 1.82) is 0 Å². The van der Waals surface area contributed by atoms with E-state index < -0.39 is 0 Å². The van der Waals surface area contributed by atoms with Crippen molar-refractivity contribution in [2.75, 3.05) is 39.4 Å². The smallest absolute Gasteiger partial charge is 0.260 e. The zero-order chi connectivity index (χ0) is 24.5. The number of rotatable bonds is 10. The molecule has 2 amide bonds. The first kappa shape index (κ1) is 25.6. The van der Waals surface area contributed by atoms with Crippen LogP contribution in [0.25, 0.3) is 0 Å². The van der Waals surface area contributed by atoms with Crippen LogP contribution in [0.15, 0.2) is 48.5 Å². The minimum absolute atomic E-state index is 0.0108. The molecule has 0 unspecified atom stereocenters. The fourth-order valence-corrected chi connectivity index (χ4v) is 4.14. The zero-order valence-corrected chi connectivity index (χ0v) is 21.0. The summed E-state index contributed by atoms with van der Waals surface area (Å²) in [6.07, 6.45) is 2.02. The van der Waals surface area contributed by atoms with Crippen LogP contribution in [0.4, 0.5) is 0 Å². The highest BCUT2D eigenvalue weighted by Gasteiger charge is 2.25. The summed E-state index contributed by atoms with van der Waals surface area (Å²) in [4.78, 5) is 29.0. The molecule has 0 spiro atoms. The van der Waals surface area contributed by atoms with Crippen LogP contribution in [0.1, 0.15) is 63.5 Å². The van der Waals surface area contributed by atoms with Gasteiger partial charge in [0.05, 0.1) is 0 Å². The maximum Gasteiger partial charge on any atom is 0.260 e. The van der Waals surface area contributed by atoms with E-state index in [0.29, 0.717) is 38.0 Å². The predicted octanol–water partition coefficient (Wildman–Crippen LogP) is 4.84. The molecular weight excluding hydrogens is 428 g/mol. The Morgan fingerprint density at radius 1 is 0.706 bits per heavy atom. The van der Waals surface area contributed by atoms with E-state index in [1.165, 1.54) is 0 Å². The van der Waals surface area contributed by atoms with Crippen molar-refractivity contribution in [3.63, 3.8) is 0 Å². The van der Waals surface area contributed by atoms with Crippen LogP contribution in [-0.2, 0) is 9.59 Å². The minimum atomic E-state index is -0.0511. The lowest BCUT2D eigenvalue weighted by Crippen LogP contribution is -2.52. The number of carbonyl (C=O) groups excluding carboxylic acids is 2. The SMILES string of the molecule is CC[C@@H](C)c1ccccc1OCC(=O)N1CCN(C(=O)COc2ccccc2[C@H](C)CC)CC1. The van der Waals surface area contributed by atoms with Crippen molar-refractivity contribution in [2.24, 2.45) is 0 Å². The first-order valence-corrected chi connectivity index (χ1v) is 12.4. The summed E-state index contributed by atoms with van der Waals surface area (Å²) in [6.45, 7) is 10.6. The number of hydrogen-bond acceptors (Lipinski definition) is 4. The van der Waals surface area contributed by atoms with Crippen LogP contribution in [-0.4, -0.2) is 61.0 Å². The number of amides is 2. The highest BCUT2D eigenvalue weighted by atomic mass is 16.5. The monoisotopic (exact) mass is 466 g/mol. The normalized spacial score (nSPS) is 15.5.